The van der Waals surface area contributed by atoms with Crippen molar-refractivity contribution in [1.29, 1.82) is 0 Å². The van der Waals surface area contributed by atoms with Gasteiger partial charge in [0.15, 0.2) is 0 Å². The molecule has 224 valence electrons. The van der Waals surface area contributed by atoms with Crippen LogP contribution in [0.15, 0.2) is 84.9 Å². The summed E-state index contributed by atoms with van der Waals surface area (Å²) in [7, 11) is 0. The fourth-order valence-electron chi connectivity index (χ4n) is 6.28. The lowest BCUT2D eigenvalue weighted by Crippen LogP contribution is -2.04. The lowest BCUT2D eigenvalue weighted by Gasteiger charge is -2.10. The largest absolute Gasteiger partial charge is 0.494 e. The maximum Gasteiger partial charge on any atom is 0.119 e. The summed E-state index contributed by atoms with van der Waals surface area (Å²) in [5.41, 5.74) is 12.9. The van der Waals surface area contributed by atoms with Crippen LogP contribution >= 0.6 is 0 Å². The van der Waals surface area contributed by atoms with Gasteiger partial charge in [-0.25, -0.2) is 0 Å². The van der Waals surface area contributed by atoms with Gasteiger partial charge < -0.3 is 14.2 Å². The molecule has 2 atom stereocenters. The van der Waals surface area contributed by atoms with Gasteiger partial charge in [-0.2, -0.15) is 0 Å². The van der Waals surface area contributed by atoms with E-state index < -0.39 is 0 Å². The van der Waals surface area contributed by atoms with Crippen LogP contribution in [0.3, 0.4) is 0 Å². The first-order chi connectivity index (χ1) is 21.2. The highest BCUT2D eigenvalue weighted by Gasteiger charge is 2.26. The van der Waals surface area contributed by atoms with Gasteiger partial charge in [0.25, 0.3) is 0 Å². The molecule has 0 radical (unpaired) electrons. The number of aryl methyl sites for hydroxylation is 5. The summed E-state index contributed by atoms with van der Waals surface area (Å²) in [6.45, 7) is 7.72. The maximum absolute atomic E-state index is 5.93. The van der Waals surface area contributed by atoms with E-state index in [-0.39, 0.29) is 0 Å². The predicted octanol–water partition coefficient (Wildman–Crippen LogP) is 8.92. The number of fused-ring (bicyclic) bond motifs is 3. The van der Waals surface area contributed by atoms with Gasteiger partial charge in [-0.1, -0.05) is 93.1 Å². The second-order valence-electron chi connectivity index (χ2n) is 12.4. The van der Waals surface area contributed by atoms with Crippen molar-refractivity contribution in [3.8, 4) is 16.9 Å². The number of epoxide rings is 1. The summed E-state index contributed by atoms with van der Waals surface area (Å²) >= 11 is 0. The number of hydrogen-bond acceptors (Lipinski definition) is 3. The van der Waals surface area contributed by atoms with E-state index in [2.05, 4.69) is 98.8 Å². The molecule has 43 heavy (non-hydrogen) atoms. The molecule has 4 aromatic rings. The minimum Gasteiger partial charge on any atom is -0.494 e. The maximum atomic E-state index is 5.93. The third-order valence-electron chi connectivity index (χ3n) is 9.00. The van der Waals surface area contributed by atoms with Gasteiger partial charge in [-0.15, -0.1) is 0 Å². The summed E-state index contributed by atoms with van der Waals surface area (Å²) in [6.07, 6.45) is 9.00. The number of benzene rings is 4. The molecule has 1 heterocycles. The smallest absolute Gasteiger partial charge is 0.119 e. The molecule has 0 amide bonds. The minimum absolute atomic E-state index is 0.349. The second-order valence-corrected chi connectivity index (χ2v) is 12.4. The van der Waals surface area contributed by atoms with E-state index in [1.165, 1.54) is 62.9 Å². The molecular formula is C40H46O3. The molecule has 6 rings (SSSR count). The predicted molar refractivity (Wildman–Crippen MR) is 176 cm³/mol. The SMILES string of the molecule is CCCc1ccc(CCc2ccc3c(c2)C(C)c2cc(CCc4ccc(OCCCCOCC5CO5)cc4)ccc2-3)cc1. The van der Waals surface area contributed by atoms with E-state index in [0.29, 0.717) is 12.0 Å². The normalized spacial score (nSPS) is 16.6. The van der Waals surface area contributed by atoms with Crippen LogP contribution in [0, 0.1) is 0 Å². The van der Waals surface area contributed by atoms with Crippen LogP contribution in [-0.2, 0) is 41.6 Å². The molecule has 0 bridgehead atoms. The zero-order chi connectivity index (χ0) is 29.4. The second kappa shape index (κ2) is 14.4. The molecule has 1 fully saturated rings. The average Bonchev–Trinajstić information content (AvgIpc) is 3.83. The van der Waals surface area contributed by atoms with E-state index >= 15 is 0 Å². The Kier molecular flexibility index (Phi) is 9.92. The topological polar surface area (TPSA) is 31.0 Å². The van der Waals surface area contributed by atoms with Crippen molar-refractivity contribution in [2.45, 2.75) is 77.2 Å². The van der Waals surface area contributed by atoms with E-state index in [0.717, 1.165) is 70.7 Å². The van der Waals surface area contributed by atoms with Crippen molar-refractivity contribution < 1.29 is 14.2 Å². The molecule has 0 saturated carbocycles. The molecule has 2 unspecified atom stereocenters. The van der Waals surface area contributed by atoms with Crippen LogP contribution in [0.1, 0.15) is 78.0 Å². The molecule has 0 aromatic heterocycles. The van der Waals surface area contributed by atoms with Gasteiger partial charge in [-0.3, -0.25) is 0 Å². The van der Waals surface area contributed by atoms with Crippen molar-refractivity contribution >= 4 is 0 Å². The van der Waals surface area contributed by atoms with Crippen LogP contribution < -0.4 is 4.74 Å². The number of hydrogen-bond donors (Lipinski definition) is 0. The van der Waals surface area contributed by atoms with Gasteiger partial charge in [0, 0.05) is 12.5 Å². The summed E-state index contributed by atoms with van der Waals surface area (Å²) in [6, 6.07) is 32.2. The Morgan fingerprint density at radius 3 is 1.67 bits per heavy atom. The van der Waals surface area contributed by atoms with Gasteiger partial charge >= 0.3 is 0 Å². The zero-order valence-corrected chi connectivity index (χ0v) is 25.9. The molecule has 3 heteroatoms. The first-order valence-corrected chi connectivity index (χ1v) is 16.4. The van der Waals surface area contributed by atoms with Crippen LogP contribution in [0.4, 0.5) is 0 Å². The fraction of sp³-hybridized carbons (Fsp3) is 0.400. The standard InChI is InChI=1S/C40H46O3/c1-3-6-30-7-9-31(10-8-30)11-13-33-17-21-37-38-22-18-34(26-40(38)29(2)39(37)25-33)14-12-32-15-19-35(20-16-32)42-24-5-4-23-41-27-36-28-43-36/h7-10,15-22,25-26,29,36H,3-6,11-14,23-24,27-28H2,1-2H3. The van der Waals surface area contributed by atoms with Crippen LogP contribution in [0.25, 0.3) is 11.1 Å². The van der Waals surface area contributed by atoms with Crippen molar-refractivity contribution in [3.63, 3.8) is 0 Å². The summed E-state index contributed by atoms with van der Waals surface area (Å²) in [5, 5.41) is 0. The van der Waals surface area contributed by atoms with Crippen molar-refractivity contribution in [2.24, 2.45) is 0 Å². The fourth-order valence-corrected chi connectivity index (χ4v) is 6.28. The van der Waals surface area contributed by atoms with Crippen molar-refractivity contribution in [2.75, 3.05) is 26.4 Å². The molecule has 1 aliphatic carbocycles. The van der Waals surface area contributed by atoms with E-state index in [4.69, 9.17) is 14.2 Å². The first kappa shape index (κ1) is 29.7. The molecule has 0 spiro atoms. The lowest BCUT2D eigenvalue weighted by molar-refractivity contribution is 0.110. The molecule has 1 saturated heterocycles. The van der Waals surface area contributed by atoms with E-state index in [9.17, 15) is 0 Å². The molecule has 1 aliphatic heterocycles. The van der Waals surface area contributed by atoms with Gasteiger partial charge in [0.1, 0.15) is 11.9 Å². The molecule has 3 nitrogen and oxygen atoms in total. The van der Waals surface area contributed by atoms with Gasteiger partial charge in [0.05, 0.1) is 19.8 Å². The van der Waals surface area contributed by atoms with Crippen LogP contribution in [0.5, 0.6) is 5.75 Å². The third kappa shape index (κ3) is 7.96. The average molecular weight is 575 g/mol. The lowest BCUT2D eigenvalue weighted by atomic mass is 9.94. The highest BCUT2D eigenvalue weighted by atomic mass is 16.6. The Morgan fingerprint density at radius 1 is 0.628 bits per heavy atom. The van der Waals surface area contributed by atoms with Gasteiger partial charge in [-0.05, 0) is 107 Å². The van der Waals surface area contributed by atoms with Crippen LogP contribution in [0.2, 0.25) is 0 Å². The molecule has 2 aliphatic rings. The van der Waals surface area contributed by atoms with E-state index in [1.807, 2.05) is 0 Å². The summed E-state index contributed by atoms with van der Waals surface area (Å²) in [4.78, 5) is 0. The summed E-state index contributed by atoms with van der Waals surface area (Å²) in [5.74, 6) is 1.39. The Balaban J connectivity index is 0.976. The number of rotatable bonds is 16. The minimum atomic E-state index is 0.349. The van der Waals surface area contributed by atoms with Crippen molar-refractivity contribution in [3.05, 3.63) is 124 Å². The first-order valence-electron chi connectivity index (χ1n) is 16.4. The zero-order valence-electron chi connectivity index (χ0n) is 25.9. The van der Waals surface area contributed by atoms with E-state index in [1.54, 1.807) is 0 Å². The summed E-state index contributed by atoms with van der Waals surface area (Å²) < 4.78 is 16.7. The molecule has 4 aromatic carbocycles. The van der Waals surface area contributed by atoms with Crippen LogP contribution in [-0.4, -0.2) is 32.5 Å². The monoisotopic (exact) mass is 574 g/mol. The Labute approximate surface area is 258 Å². The third-order valence-corrected chi connectivity index (χ3v) is 9.00. The highest BCUT2D eigenvalue weighted by molar-refractivity contribution is 5.79. The quantitative estimate of drug-likeness (QED) is 0.0989. The Hall–Kier alpha value is -3.40. The highest BCUT2D eigenvalue weighted by Crippen LogP contribution is 2.45. The Morgan fingerprint density at radius 2 is 1.12 bits per heavy atom. The number of ether oxygens (including phenoxy) is 3. The van der Waals surface area contributed by atoms with Gasteiger partial charge in [0.2, 0.25) is 0 Å². The number of unbranched alkanes of at least 4 members (excludes halogenated alkanes) is 1. The van der Waals surface area contributed by atoms with Crippen molar-refractivity contribution in [1.82, 2.24) is 0 Å². The molecule has 0 N–H and O–H groups in total. The molecular weight excluding hydrogens is 528 g/mol. The Bertz CT molecular complexity index is 1470.